The number of benzene rings is 3. The van der Waals surface area contributed by atoms with Crippen LogP contribution in [-0.2, 0) is 13.1 Å². The smallest absolute Gasteiger partial charge is 0.319 e. The van der Waals surface area contributed by atoms with Crippen molar-refractivity contribution in [2.75, 3.05) is 10.6 Å². The van der Waals surface area contributed by atoms with Gasteiger partial charge in [0.1, 0.15) is 5.82 Å². The van der Waals surface area contributed by atoms with Gasteiger partial charge in [-0.1, -0.05) is 54.1 Å². The maximum Gasteiger partial charge on any atom is 0.319 e. The Bertz CT molecular complexity index is 1630. The van der Waals surface area contributed by atoms with Gasteiger partial charge >= 0.3 is 6.03 Å². The van der Waals surface area contributed by atoms with Gasteiger partial charge in [0, 0.05) is 41.5 Å². The fraction of sp³-hybridized carbons (Fsp3) is 0.0741. The minimum Gasteiger partial charge on any atom is -0.366 e. The SMILES string of the molecule is O=C(NCc1ccc(CNc2cc(-c3ccccc3Cl)nc3c(Br)cnn23)cc1)Nc1ccc(F)c(F)c1. The standard InChI is InChI=1S/C27H20BrClF2N6O/c28-20-15-34-37-25(12-24(36-26(20)37)19-3-1-2-4-21(19)29)32-13-16-5-7-17(8-6-16)14-33-27(38)35-18-9-10-22(30)23(31)11-18/h1-12,15,32H,13-14H2,(H2,33,35,38). The van der Waals surface area contributed by atoms with E-state index in [1.807, 2.05) is 54.6 Å². The fourth-order valence-corrected chi connectivity index (χ4v) is 4.35. The Morgan fingerprint density at radius 2 is 1.68 bits per heavy atom. The summed E-state index contributed by atoms with van der Waals surface area (Å²) in [5.74, 6) is -1.26. The van der Waals surface area contributed by atoms with Gasteiger partial charge in [-0.05, 0) is 45.3 Å². The Hall–Kier alpha value is -4.02. The van der Waals surface area contributed by atoms with E-state index in [9.17, 15) is 13.6 Å². The molecule has 0 fully saturated rings. The fourth-order valence-electron chi connectivity index (χ4n) is 3.77. The third kappa shape index (κ3) is 5.76. The molecule has 38 heavy (non-hydrogen) atoms. The Morgan fingerprint density at radius 1 is 0.947 bits per heavy atom. The van der Waals surface area contributed by atoms with Gasteiger partial charge in [-0.3, -0.25) is 0 Å². The molecule has 0 aliphatic heterocycles. The van der Waals surface area contributed by atoms with Crippen molar-refractivity contribution in [2.45, 2.75) is 13.1 Å². The molecule has 0 aliphatic rings. The molecule has 0 radical (unpaired) electrons. The predicted octanol–water partition coefficient (Wildman–Crippen LogP) is 7.02. The van der Waals surface area contributed by atoms with Crippen molar-refractivity contribution in [3.8, 4) is 11.3 Å². The number of amides is 2. The lowest BCUT2D eigenvalue weighted by molar-refractivity contribution is 0.251. The summed E-state index contributed by atoms with van der Waals surface area (Å²) in [5.41, 5.74) is 4.24. The number of fused-ring (bicyclic) bond motifs is 1. The van der Waals surface area contributed by atoms with Gasteiger partial charge in [0.15, 0.2) is 17.3 Å². The van der Waals surface area contributed by atoms with Crippen LogP contribution in [0, 0.1) is 11.6 Å². The van der Waals surface area contributed by atoms with E-state index in [0.717, 1.165) is 44.8 Å². The van der Waals surface area contributed by atoms with Crippen LogP contribution in [0.1, 0.15) is 11.1 Å². The number of anilines is 2. The number of rotatable bonds is 7. The first-order valence-electron chi connectivity index (χ1n) is 11.5. The predicted molar refractivity (Wildman–Crippen MR) is 147 cm³/mol. The molecule has 0 spiro atoms. The van der Waals surface area contributed by atoms with Crippen LogP contribution in [0.2, 0.25) is 5.02 Å². The van der Waals surface area contributed by atoms with E-state index < -0.39 is 17.7 Å². The van der Waals surface area contributed by atoms with Crippen LogP contribution in [0.25, 0.3) is 16.9 Å². The van der Waals surface area contributed by atoms with E-state index in [2.05, 4.69) is 37.0 Å². The van der Waals surface area contributed by atoms with Crippen molar-refractivity contribution in [2.24, 2.45) is 0 Å². The second-order valence-electron chi connectivity index (χ2n) is 8.34. The molecule has 5 rings (SSSR count). The lowest BCUT2D eigenvalue weighted by Crippen LogP contribution is -2.28. The van der Waals surface area contributed by atoms with Gasteiger partial charge in [-0.25, -0.2) is 18.6 Å². The number of hydrogen-bond donors (Lipinski definition) is 3. The van der Waals surface area contributed by atoms with Crippen LogP contribution >= 0.6 is 27.5 Å². The summed E-state index contributed by atoms with van der Waals surface area (Å²) < 4.78 is 28.8. The highest BCUT2D eigenvalue weighted by Gasteiger charge is 2.13. The molecule has 2 aromatic heterocycles. The number of hydrogen-bond acceptors (Lipinski definition) is 4. The van der Waals surface area contributed by atoms with E-state index in [1.54, 1.807) is 10.7 Å². The van der Waals surface area contributed by atoms with Crippen LogP contribution in [0.5, 0.6) is 0 Å². The van der Waals surface area contributed by atoms with Gasteiger partial charge < -0.3 is 16.0 Å². The van der Waals surface area contributed by atoms with Crippen LogP contribution in [0.3, 0.4) is 0 Å². The second kappa shape index (κ2) is 11.2. The van der Waals surface area contributed by atoms with E-state index in [1.165, 1.54) is 6.07 Å². The Labute approximate surface area is 230 Å². The lowest BCUT2D eigenvalue weighted by atomic mass is 10.1. The maximum atomic E-state index is 13.3. The molecule has 0 saturated carbocycles. The number of urea groups is 1. The summed E-state index contributed by atoms with van der Waals surface area (Å²) in [4.78, 5) is 16.8. The summed E-state index contributed by atoms with van der Waals surface area (Å²) in [7, 11) is 0. The van der Waals surface area contributed by atoms with Gasteiger partial charge in [0.05, 0.1) is 16.4 Å². The number of carbonyl (C=O) groups excluding carboxylic acids is 1. The summed E-state index contributed by atoms with van der Waals surface area (Å²) >= 11 is 9.91. The van der Waals surface area contributed by atoms with Crippen molar-refractivity contribution in [3.05, 3.63) is 111 Å². The van der Waals surface area contributed by atoms with E-state index in [4.69, 9.17) is 16.6 Å². The third-order valence-corrected chi connectivity index (χ3v) is 6.59. The third-order valence-electron chi connectivity index (χ3n) is 5.71. The highest BCUT2D eigenvalue weighted by molar-refractivity contribution is 9.10. The summed E-state index contributed by atoms with van der Waals surface area (Å²) in [5, 5.41) is 13.6. The Morgan fingerprint density at radius 3 is 2.42 bits per heavy atom. The molecule has 192 valence electrons. The molecule has 7 nitrogen and oxygen atoms in total. The lowest BCUT2D eigenvalue weighted by Gasteiger charge is -2.12. The van der Waals surface area contributed by atoms with Crippen molar-refractivity contribution in [1.82, 2.24) is 19.9 Å². The van der Waals surface area contributed by atoms with E-state index in [-0.39, 0.29) is 12.2 Å². The first-order valence-corrected chi connectivity index (χ1v) is 12.7. The van der Waals surface area contributed by atoms with Gasteiger partial charge in [-0.15, -0.1) is 0 Å². The molecular weight excluding hydrogens is 578 g/mol. The molecule has 0 saturated heterocycles. The molecule has 0 aliphatic carbocycles. The quantitative estimate of drug-likeness (QED) is 0.188. The molecule has 5 aromatic rings. The zero-order chi connectivity index (χ0) is 26.6. The molecule has 0 unspecified atom stereocenters. The van der Waals surface area contributed by atoms with Crippen molar-refractivity contribution < 1.29 is 13.6 Å². The van der Waals surface area contributed by atoms with Crippen LogP contribution in [0.4, 0.5) is 25.1 Å². The van der Waals surface area contributed by atoms with Gasteiger partial charge in [0.25, 0.3) is 0 Å². The number of carbonyl (C=O) groups is 1. The molecule has 0 bridgehead atoms. The average molecular weight is 598 g/mol. The Balaban J connectivity index is 1.23. The normalized spacial score (nSPS) is 10.9. The minimum absolute atomic E-state index is 0.162. The average Bonchev–Trinajstić information content (AvgIpc) is 3.29. The minimum atomic E-state index is -1.03. The molecule has 11 heteroatoms. The molecular formula is C27H20BrClF2N6O. The largest absolute Gasteiger partial charge is 0.366 e. The number of halogens is 4. The van der Waals surface area contributed by atoms with Gasteiger partial charge in [0.2, 0.25) is 0 Å². The molecule has 3 aromatic carbocycles. The zero-order valence-electron chi connectivity index (χ0n) is 19.7. The van der Waals surface area contributed by atoms with E-state index >= 15 is 0 Å². The number of nitrogens with zero attached hydrogens (tertiary/aromatic N) is 3. The summed E-state index contributed by atoms with van der Waals surface area (Å²) in [6.07, 6.45) is 1.69. The second-order valence-corrected chi connectivity index (χ2v) is 9.60. The summed E-state index contributed by atoms with van der Waals surface area (Å²) in [6.45, 7) is 0.777. The summed E-state index contributed by atoms with van der Waals surface area (Å²) in [6, 6.07) is 19.8. The number of aromatic nitrogens is 3. The van der Waals surface area contributed by atoms with E-state index in [0.29, 0.717) is 17.2 Å². The van der Waals surface area contributed by atoms with Crippen LogP contribution < -0.4 is 16.0 Å². The van der Waals surface area contributed by atoms with Crippen molar-refractivity contribution in [3.63, 3.8) is 0 Å². The molecule has 2 amide bonds. The first kappa shape index (κ1) is 25.6. The van der Waals surface area contributed by atoms with Crippen molar-refractivity contribution >= 4 is 50.7 Å². The van der Waals surface area contributed by atoms with Crippen LogP contribution in [-0.4, -0.2) is 20.6 Å². The first-order chi connectivity index (χ1) is 18.4. The molecule has 2 heterocycles. The Kier molecular flexibility index (Phi) is 7.52. The molecule has 3 N–H and O–H groups in total. The highest BCUT2D eigenvalue weighted by Crippen LogP contribution is 2.30. The van der Waals surface area contributed by atoms with Crippen LogP contribution in [0.15, 0.2) is 83.5 Å². The zero-order valence-corrected chi connectivity index (χ0v) is 22.0. The molecule has 0 atom stereocenters. The topological polar surface area (TPSA) is 83.3 Å². The monoisotopic (exact) mass is 596 g/mol. The highest BCUT2D eigenvalue weighted by atomic mass is 79.9. The van der Waals surface area contributed by atoms with Crippen molar-refractivity contribution in [1.29, 1.82) is 0 Å². The van der Waals surface area contributed by atoms with Gasteiger partial charge in [-0.2, -0.15) is 9.61 Å². The number of nitrogens with one attached hydrogen (secondary N) is 3. The maximum absolute atomic E-state index is 13.3.